The van der Waals surface area contributed by atoms with E-state index >= 15 is 0 Å². The molecule has 0 aromatic carbocycles. The molecule has 3 aliphatic rings. The maximum absolute atomic E-state index is 5.45. The average Bonchev–Trinajstić information content (AvgIpc) is 2.94. The summed E-state index contributed by atoms with van der Waals surface area (Å²) in [6.07, 6.45) is 12.6. The van der Waals surface area contributed by atoms with Crippen molar-refractivity contribution < 1.29 is 0 Å². The highest BCUT2D eigenvalue weighted by Crippen LogP contribution is 2.60. The SMILES string of the molecule is C#C[C@H]1C[C@@H]1C1CC2(CCNCC2)C1. The predicted molar refractivity (Wildman–Crippen MR) is 57.7 cm³/mol. The smallest absolute Gasteiger partial charge is 0.0234 e. The average molecular weight is 189 g/mol. The maximum Gasteiger partial charge on any atom is 0.0234 e. The topological polar surface area (TPSA) is 12.0 Å². The monoisotopic (exact) mass is 189 g/mol. The van der Waals surface area contributed by atoms with Crippen LogP contribution in [0.1, 0.15) is 32.1 Å². The molecule has 0 radical (unpaired) electrons. The van der Waals surface area contributed by atoms with Crippen LogP contribution in [0.15, 0.2) is 0 Å². The zero-order valence-electron chi connectivity index (χ0n) is 8.76. The van der Waals surface area contributed by atoms with Gasteiger partial charge in [0.1, 0.15) is 0 Å². The molecule has 1 nitrogen and oxygen atoms in total. The highest BCUT2D eigenvalue weighted by Gasteiger charge is 2.53. The van der Waals surface area contributed by atoms with Crippen molar-refractivity contribution in [2.24, 2.45) is 23.2 Å². The lowest BCUT2D eigenvalue weighted by molar-refractivity contribution is 0.00879. The molecule has 0 aromatic heterocycles. The summed E-state index contributed by atoms with van der Waals surface area (Å²) < 4.78 is 0. The van der Waals surface area contributed by atoms with Crippen molar-refractivity contribution in [3.63, 3.8) is 0 Å². The largest absolute Gasteiger partial charge is 0.317 e. The quantitative estimate of drug-likeness (QED) is 0.622. The molecule has 2 aliphatic carbocycles. The lowest BCUT2D eigenvalue weighted by atomic mass is 9.56. The number of piperidine rings is 1. The first kappa shape index (κ1) is 8.80. The molecular weight excluding hydrogens is 170 g/mol. The van der Waals surface area contributed by atoms with E-state index in [1.54, 1.807) is 0 Å². The Morgan fingerprint density at radius 3 is 2.50 bits per heavy atom. The molecule has 1 N–H and O–H groups in total. The van der Waals surface area contributed by atoms with Gasteiger partial charge in [-0.15, -0.1) is 12.3 Å². The Hall–Kier alpha value is -0.480. The van der Waals surface area contributed by atoms with Gasteiger partial charge in [0.2, 0.25) is 0 Å². The third kappa shape index (κ3) is 1.28. The molecule has 1 aliphatic heterocycles. The Labute approximate surface area is 86.7 Å². The Balaban J connectivity index is 1.53. The summed E-state index contributed by atoms with van der Waals surface area (Å²) in [5, 5.41) is 3.46. The fourth-order valence-corrected chi connectivity index (χ4v) is 3.65. The second kappa shape index (κ2) is 3.00. The normalized spacial score (nSPS) is 40.2. The van der Waals surface area contributed by atoms with Crippen LogP contribution in [0.5, 0.6) is 0 Å². The van der Waals surface area contributed by atoms with Gasteiger partial charge in [0.25, 0.3) is 0 Å². The molecule has 1 heterocycles. The molecule has 2 saturated carbocycles. The first-order valence-electron chi connectivity index (χ1n) is 6.00. The van der Waals surface area contributed by atoms with Crippen molar-refractivity contribution in [2.75, 3.05) is 13.1 Å². The van der Waals surface area contributed by atoms with E-state index in [9.17, 15) is 0 Å². The second-order valence-electron chi connectivity index (χ2n) is 5.59. The molecule has 1 saturated heterocycles. The fraction of sp³-hybridized carbons (Fsp3) is 0.846. The van der Waals surface area contributed by atoms with Crippen molar-refractivity contribution in [2.45, 2.75) is 32.1 Å². The summed E-state index contributed by atoms with van der Waals surface area (Å²) in [7, 11) is 0. The van der Waals surface area contributed by atoms with E-state index in [0.717, 1.165) is 17.3 Å². The van der Waals surface area contributed by atoms with Crippen LogP contribution in [0.4, 0.5) is 0 Å². The van der Waals surface area contributed by atoms with E-state index in [-0.39, 0.29) is 0 Å². The minimum absolute atomic E-state index is 0.652. The number of rotatable bonds is 1. The molecule has 1 heteroatoms. The number of nitrogens with one attached hydrogen (secondary N) is 1. The Morgan fingerprint density at radius 2 is 1.93 bits per heavy atom. The van der Waals surface area contributed by atoms with Crippen LogP contribution in [0, 0.1) is 35.5 Å². The van der Waals surface area contributed by atoms with E-state index in [1.165, 1.54) is 45.2 Å². The van der Waals surface area contributed by atoms with E-state index in [4.69, 9.17) is 6.42 Å². The summed E-state index contributed by atoms with van der Waals surface area (Å²) >= 11 is 0. The van der Waals surface area contributed by atoms with Crippen LogP contribution in [-0.4, -0.2) is 13.1 Å². The molecule has 0 aromatic rings. The third-order valence-corrected chi connectivity index (χ3v) is 4.71. The second-order valence-corrected chi connectivity index (χ2v) is 5.59. The molecular formula is C13H19N. The van der Waals surface area contributed by atoms with Gasteiger partial charge < -0.3 is 5.32 Å². The molecule has 2 atom stereocenters. The fourth-order valence-electron chi connectivity index (χ4n) is 3.65. The summed E-state index contributed by atoms with van der Waals surface area (Å²) in [4.78, 5) is 0. The minimum atomic E-state index is 0.652. The van der Waals surface area contributed by atoms with Gasteiger partial charge in [-0.05, 0) is 62.4 Å². The number of hydrogen-bond acceptors (Lipinski definition) is 1. The van der Waals surface area contributed by atoms with E-state index in [1.807, 2.05) is 0 Å². The lowest BCUT2D eigenvalue weighted by Gasteiger charge is -2.51. The van der Waals surface area contributed by atoms with E-state index in [2.05, 4.69) is 11.2 Å². The van der Waals surface area contributed by atoms with Gasteiger partial charge in [-0.3, -0.25) is 0 Å². The molecule has 3 fully saturated rings. The van der Waals surface area contributed by atoms with E-state index < -0.39 is 0 Å². The standard InChI is InChI=1S/C13H19N/c1-2-10-7-12(10)11-8-13(9-11)3-5-14-6-4-13/h1,10-12,14H,3-9H2/t10-,12-/m0/s1. The van der Waals surface area contributed by atoms with Gasteiger partial charge in [-0.1, -0.05) is 0 Å². The molecule has 0 amide bonds. The summed E-state index contributed by atoms with van der Waals surface area (Å²) in [6, 6.07) is 0. The Morgan fingerprint density at radius 1 is 1.21 bits per heavy atom. The van der Waals surface area contributed by atoms with Gasteiger partial charge >= 0.3 is 0 Å². The Bertz CT molecular complexity index is 261. The van der Waals surface area contributed by atoms with Crippen LogP contribution < -0.4 is 5.32 Å². The van der Waals surface area contributed by atoms with Crippen molar-refractivity contribution in [3.8, 4) is 12.3 Å². The maximum atomic E-state index is 5.45. The molecule has 0 bridgehead atoms. The first-order chi connectivity index (χ1) is 6.83. The van der Waals surface area contributed by atoms with Gasteiger partial charge in [0, 0.05) is 5.92 Å². The minimum Gasteiger partial charge on any atom is -0.317 e. The van der Waals surface area contributed by atoms with Crippen LogP contribution in [0.3, 0.4) is 0 Å². The third-order valence-electron chi connectivity index (χ3n) is 4.71. The zero-order valence-corrected chi connectivity index (χ0v) is 8.76. The van der Waals surface area contributed by atoms with Crippen LogP contribution in [0.25, 0.3) is 0 Å². The van der Waals surface area contributed by atoms with Crippen molar-refractivity contribution in [3.05, 3.63) is 0 Å². The highest BCUT2D eigenvalue weighted by molar-refractivity contribution is 5.12. The van der Waals surface area contributed by atoms with Gasteiger partial charge in [0.15, 0.2) is 0 Å². The lowest BCUT2D eigenvalue weighted by Crippen LogP contribution is -2.46. The summed E-state index contributed by atoms with van der Waals surface area (Å²) in [6.45, 7) is 2.49. The van der Waals surface area contributed by atoms with Crippen molar-refractivity contribution in [1.29, 1.82) is 0 Å². The predicted octanol–water partition coefficient (Wildman–Crippen LogP) is 2.04. The molecule has 14 heavy (non-hydrogen) atoms. The van der Waals surface area contributed by atoms with Gasteiger partial charge in [-0.2, -0.15) is 0 Å². The first-order valence-corrected chi connectivity index (χ1v) is 6.00. The molecule has 76 valence electrons. The number of terminal acetylenes is 1. The van der Waals surface area contributed by atoms with Crippen molar-refractivity contribution >= 4 is 0 Å². The van der Waals surface area contributed by atoms with Crippen LogP contribution >= 0.6 is 0 Å². The van der Waals surface area contributed by atoms with Gasteiger partial charge in [-0.25, -0.2) is 0 Å². The highest BCUT2D eigenvalue weighted by atomic mass is 14.9. The molecule has 0 unspecified atom stereocenters. The molecule has 3 rings (SSSR count). The Kier molecular flexibility index (Phi) is 1.89. The van der Waals surface area contributed by atoms with Gasteiger partial charge in [0.05, 0.1) is 0 Å². The summed E-state index contributed by atoms with van der Waals surface area (Å²) in [5.41, 5.74) is 0.748. The summed E-state index contributed by atoms with van der Waals surface area (Å²) in [5.74, 6) is 5.48. The van der Waals surface area contributed by atoms with Crippen LogP contribution in [0.2, 0.25) is 0 Å². The van der Waals surface area contributed by atoms with E-state index in [0.29, 0.717) is 5.92 Å². The van der Waals surface area contributed by atoms with Crippen molar-refractivity contribution in [1.82, 2.24) is 5.32 Å². The van der Waals surface area contributed by atoms with Crippen LogP contribution in [-0.2, 0) is 0 Å². The number of hydrogen-bond donors (Lipinski definition) is 1. The molecule has 1 spiro atoms. The zero-order chi connectivity index (χ0) is 9.60.